The van der Waals surface area contributed by atoms with Crippen molar-refractivity contribution in [3.63, 3.8) is 0 Å². The smallest absolute Gasteiger partial charge is 0.183 e. The van der Waals surface area contributed by atoms with Gasteiger partial charge in [-0.1, -0.05) is 48.0 Å². The van der Waals surface area contributed by atoms with Gasteiger partial charge in [-0.3, -0.25) is 0 Å². The summed E-state index contributed by atoms with van der Waals surface area (Å²) in [5.41, 5.74) is 8.19. The fourth-order valence-corrected chi connectivity index (χ4v) is 4.74. The van der Waals surface area contributed by atoms with E-state index in [4.69, 9.17) is 5.73 Å². The summed E-state index contributed by atoms with van der Waals surface area (Å²) in [6.07, 6.45) is 0. The first kappa shape index (κ1) is 13.3. The van der Waals surface area contributed by atoms with Gasteiger partial charge >= 0.3 is 0 Å². The summed E-state index contributed by atoms with van der Waals surface area (Å²) in [5, 5.41) is -0.507. The lowest BCUT2D eigenvalue weighted by Crippen LogP contribution is -2.15. The van der Waals surface area contributed by atoms with Crippen LogP contribution in [0.25, 0.3) is 0 Å². The first-order chi connectivity index (χ1) is 9.51. The molecule has 104 valence electrons. The third kappa shape index (κ3) is 2.15. The number of aryl methyl sites for hydroxylation is 1. The first-order valence-electron chi connectivity index (χ1n) is 6.63. The predicted molar refractivity (Wildman–Crippen MR) is 79.3 cm³/mol. The van der Waals surface area contributed by atoms with Crippen molar-refractivity contribution < 1.29 is 8.42 Å². The summed E-state index contributed by atoms with van der Waals surface area (Å²) in [6.45, 7) is 2.01. The molecule has 3 nitrogen and oxygen atoms in total. The number of rotatable bonds is 3. The molecule has 3 rings (SSSR count). The Morgan fingerprint density at radius 3 is 2.15 bits per heavy atom. The highest BCUT2D eigenvalue weighted by molar-refractivity contribution is 7.92. The zero-order valence-electron chi connectivity index (χ0n) is 11.2. The van der Waals surface area contributed by atoms with Gasteiger partial charge in [0.05, 0.1) is 10.1 Å². The van der Waals surface area contributed by atoms with Crippen LogP contribution in [0.15, 0.2) is 59.5 Å². The van der Waals surface area contributed by atoms with E-state index in [2.05, 4.69) is 0 Å². The Kier molecular flexibility index (Phi) is 3.15. The highest BCUT2D eigenvalue weighted by Crippen LogP contribution is 2.46. The zero-order valence-corrected chi connectivity index (χ0v) is 12.0. The minimum absolute atomic E-state index is 0.0965. The van der Waals surface area contributed by atoms with Crippen LogP contribution in [0.2, 0.25) is 0 Å². The van der Waals surface area contributed by atoms with Crippen molar-refractivity contribution >= 4 is 9.84 Å². The quantitative estimate of drug-likeness (QED) is 0.942. The minimum Gasteiger partial charge on any atom is -0.326 e. The third-order valence-electron chi connectivity index (χ3n) is 3.90. The lowest BCUT2D eigenvalue weighted by Gasteiger charge is -2.04. The summed E-state index contributed by atoms with van der Waals surface area (Å²) in [4.78, 5) is 0.357. The molecule has 0 saturated heterocycles. The average Bonchev–Trinajstić information content (AvgIpc) is 3.13. The second kappa shape index (κ2) is 4.72. The summed E-state index contributed by atoms with van der Waals surface area (Å²) in [5.74, 6) is -0.0965. The lowest BCUT2D eigenvalue weighted by atomic mass is 10.1. The van der Waals surface area contributed by atoms with E-state index in [-0.39, 0.29) is 12.0 Å². The van der Waals surface area contributed by atoms with Crippen molar-refractivity contribution in [2.75, 3.05) is 0 Å². The van der Waals surface area contributed by atoms with Gasteiger partial charge in [-0.2, -0.15) is 0 Å². The van der Waals surface area contributed by atoms with E-state index < -0.39 is 15.1 Å². The van der Waals surface area contributed by atoms with E-state index >= 15 is 0 Å². The van der Waals surface area contributed by atoms with Crippen LogP contribution in [0, 0.1) is 6.92 Å². The van der Waals surface area contributed by atoms with Crippen molar-refractivity contribution in [2.45, 2.75) is 29.0 Å². The summed E-state index contributed by atoms with van der Waals surface area (Å²) in [7, 11) is -3.35. The van der Waals surface area contributed by atoms with Crippen LogP contribution < -0.4 is 5.73 Å². The number of hydrogen-bond acceptors (Lipinski definition) is 3. The Balaban J connectivity index is 1.91. The summed E-state index contributed by atoms with van der Waals surface area (Å²) < 4.78 is 25.2. The van der Waals surface area contributed by atoms with E-state index in [9.17, 15) is 8.42 Å². The maximum atomic E-state index is 12.6. The average molecular weight is 287 g/mol. The molecule has 1 aliphatic rings. The number of nitrogens with two attached hydrogens (primary N) is 1. The van der Waals surface area contributed by atoms with Gasteiger partial charge in [0.2, 0.25) is 0 Å². The molecular weight excluding hydrogens is 270 g/mol. The summed E-state index contributed by atoms with van der Waals surface area (Å²) in [6, 6.07) is 16.2. The van der Waals surface area contributed by atoms with Crippen LogP contribution in [-0.4, -0.2) is 19.7 Å². The zero-order chi connectivity index (χ0) is 14.3. The molecule has 1 aliphatic carbocycles. The molecule has 0 radical (unpaired) electrons. The minimum atomic E-state index is -3.35. The maximum absolute atomic E-state index is 12.6. The van der Waals surface area contributed by atoms with Crippen LogP contribution in [0.1, 0.15) is 17.0 Å². The maximum Gasteiger partial charge on any atom is 0.183 e. The molecule has 0 aliphatic heterocycles. The largest absolute Gasteiger partial charge is 0.326 e. The molecular formula is C16H17NO2S. The molecule has 3 atom stereocenters. The number of hydrogen-bond donors (Lipinski definition) is 1. The monoisotopic (exact) mass is 287 g/mol. The van der Waals surface area contributed by atoms with Crippen molar-refractivity contribution in [1.82, 2.24) is 0 Å². The van der Waals surface area contributed by atoms with E-state index in [1.807, 2.05) is 37.3 Å². The normalized spacial score (nSPS) is 25.4. The fourth-order valence-electron chi connectivity index (χ4n) is 2.67. The molecule has 0 heterocycles. The van der Waals surface area contributed by atoms with Gasteiger partial charge in [-0.05, 0) is 24.6 Å². The van der Waals surface area contributed by atoms with Crippen molar-refractivity contribution in [3.8, 4) is 0 Å². The molecule has 0 spiro atoms. The molecule has 2 N–H and O–H groups in total. The summed E-state index contributed by atoms with van der Waals surface area (Å²) >= 11 is 0. The van der Waals surface area contributed by atoms with Gasteiger partial charge in [0.25, 0.3) is 0 Å². The molecule has 0 amide bonds. The molecule has 20 heavy (non-hydrogen) atoms. The Morgan fingerprint density at radius 2 is 1.55 bits per heavy atom. The molecule has 1 fully saturated rings. The van der Waals surface area contributed by atoms with Gasteiger partial charge in [0, 0.05) is 12.0 Å². The predicted octanol–water partition coefficient (Wildman–Crippen LogP) is 2.26. The van der Waals surface area contributed by atoms with Gasteiger partial charge in [0.1, 0.15) is 0 Å². The van der Waals surface area contributed by atoms with E-state index in [1.54, 1.807) is 24.3 Å². The second-order valence-electron chi connectivity index (χ2n) is 5.34. The first-order valence-corrected chi connectivity index (χ1v) is 8.17. The molecule has 1 saturated carbocycles. The Hall–Kier alpha value is -1.65. The highest BCUT2D eigenvalue weighted by atomic mass is 32.2. The second-order valence-corrected chi connectivity index (χ2v) is 7.44. The standard InChI is InChI=1S/C16H17NO2S/c1-11-7-9-12(10-8-11)14-15(17)16(14)20(18,19)13-5-3-2-4-6-13/h2-10,14-16H,17H2,1H3/t14-,15-,16-/m1/s1. The molecule has 2 aromatic carbocycles. The number of benzene rings is 2. The van der Waals surface area contributed by atoms with Gasteiger partial charge in [-0.25, -0.2) is 8.42 Å². The van der Waals surface area contributed by atoms with Gasteiger partial charge in [0.15, 0.2) is 9.84 Å². The molecule has 0 bridgehead atoms. The van der Waals surface area contributed by atoms with Gasteiger partial charge in [-0.15, -0.1) is 0 Å². The lowest BCUT2D eigenvalue weighted by molar-refractivity contribution is 0.593. The van der Waals surface area contributed by atoms with E-state index in [0.29, 0.717) is 4.90 Å². The van der Waals surface area contributed by atoms with Crippen LogP contribution in [0.5, 0.6) is 0 Å². The van der Waals surface area contributed by atoms with Crippen molar-refractivity contribution in [3.05, 3.63) is 65.7 Å². The topological polar surface area (TPSA) is 60.2 Å². The molecule has 0 unspecified atom stereocenters. The van der Waals surface area contributed by atoms with Crippen molar-refractivity contribution in [2.24, 2.45) is 5.73 Å². The highest BCUT2D eigenvalue weighted by Gasteiger charge is 2.56. The van der Waals surface area contributed by atoms with Crippen LogP contribution in [0.4, 0.5) is 0 Å². The Labute approximate surface area is 119 Å². The fraction of sp³-hybridized carbons (Fsp3) is 0.250. The van der Waals surface area contributed by atoms with Crippen LogP contribution >= 0.6 is 0 Å². The van der Waals surface area contributed by atoms with Crippen LogP contribution in [-0.2, 0) is 9.84 Å². The SMILES string of the molecule is Cc1ccc([C@@H]2[C@@H](N)[C@@H]2S(=O)(=O)c2ccccc2)cc1. The van der Waals surface area contributed by atoms with Crippen molar-refractivity contribution in [1.29, 1.82) is 0 Å². The molecule has 0 aromatic heterocycles. The van der Waals surface area contributed by atoms with Gasteiger partial charge < -0.3 is 5.73 Å². The number of sulfone groups is 1. The third-order valence-corrected chi connectivity index (χ3v) is 6.15. The molecule has 4 heteroatoms. The van der Waals surface area contributed by atoms with Crippen LogP contribution in [0.3, 0.4) is 0 Å². The molecule has 2 aromatic rings. The Bertz CT molecular complexity index is 708. The van der Waals surface area contributed by atoms with E-state index in [0.717, 1.165) is 11.1 Å². The Morgan fingerprint density at radius 1 is 0.950 bits per heavy atom. The van der Waals surface area contributed by atoms with E-state index in [1.165, 1.54) is 0 Å².